The summed E-state index contributed by atoms with van der Waals surface area (Å²) in [6.45, 7) is 3.83. The first-order chi connectivity index (χ1) is 15.2. The molecule has 1 amide bonds. The third-order valence-corrected chi connectivity index (χ3v) is 5.22. The maximum absolute atomic E-state index is 11.7. The van der Waals surface area contributed by atoms with E-state index in [0.717, 1.165) is 35.6 Å². The molecular weight excluding hydrogens is 386 g/mol. The Balaban J connectivity index is 1.39. The lowest BCUT2D eigenvalue weighted by atomic mass is 10.1. The van der Waals surface area contributed by atoms with Crippen LogP contribution in [0.15, 0.2) is 78.9 Å². The maximum Gasteiger partial charge on any atom is 0.243 e. The summed E-state index contributed by atoms with van der Waals surface area (Å²) in [5, 5.41) is 5.30. The van der Waals surface area contributed by atoms with Crippen molar-refractivity contribution in [1.82, 2.24) is 14.9 Å². The molecule has 0 aliphatic rings. The van der Waals surface area contributed by atoms with Gasteiger partial charge in [-0.25, -0.2) is 4.98 Å². The third-order valence-electron chi connectivity index (χ3n) is 5.22. The van der Waals surface area contributed by atoms with E-state index in [9.17, 15) is 4.79 Å². The van der Waals surface area contributed by atoms with Crippen LogP contribution in [0.1, 0.15) is 19.2 Å². The summed E-state index contributed by atoms with van der Waals surface area (Å²) in [4.78, 5) is 16.5. The van der Waals surface area contributed by atoms with Gasteiger partial charge in [-0.15, -0.1) is 0 Å². The first kappa shape index (κ1) is 20.7. The van der Waals surface area contributed by atoms with E-state index >= 15 is 0 Å². The number of hydrogen-bond donors (Lipinski definition) is 1. The van der Waals surface area contributed by atoms with Crippen LogP contribution in [0.25, 0.3) is 21.8 Å². The number of para-hydroxylation sites is 2. The lowest BCUT2D eigenvalue weighted by Crippen LogP contribution is -2.24. The fourth-order valence-electron chi connectivity index (χ4n) is 3.74. The number of carbonyl (C=O) groups is 1. The average molecular weight is 414 g/mol. The summed E-state index contributed by atoms with van der Waals surface area (Å²) in [7, 11) is 0. The standard InChI is InChI=1S/C26H27N3O2/c1-2-8-26(30)27-16-15-25-28-23-11-5-6-12-24(23)29(25)17-7-18-31-22-14-13-20-9-3-4-10-21(20)19-22/h2-6,8-14,19H,7,15-18H2,1H3,(H,27,30)/b8-2+. The van der Waals surface area contributed by atoms with E-state index in [1.54, 1.807) is 6.08 Å². The van der Waals surface area contributed by atoms with Crippen LogP contribution in [0, 0.1) is 0 Å². The topological polar surface area (TPSA) is 56.2 Å². The first-order valence-electron chi connectivity index (χ1n) is 10.7. The normalized spacial score (nSPS) is 11.4. The maximum atomic E-state index is 11.7. The number of rotatable bonds is 9. The van der Waals surface area contributed by atoms with Gasteiger partial charge in [0, 0.05) is 19.5 Å². The van der Waals surface area contributed by atoms with Crippen LogP contribution in [0.3, 0.4) is 0 Å². The molecule has 1 aromatic heterocycles. The van der Waals surface area contributed by atoms with Crippen LogP contribution >= 0.6 is 0 Å². The number of hydrogen-bond acceptors (Lipinski definition) is 3. The molecule has 31 heavy (non-hydrogen) atoms. The molecule has 5 nitrogen and oxygen atoms in total. The average Bonchev–Trinajstić information content (AvgIpc) is 3.14. The lowest BCUT2D eigenvalue weighted by Gasteiger charge is -2.11. The smallest absolute Gasteiger partial charge is 0.243 e. The van der Waals surface area contributed by atoms with Crippen molar-refractivity contribution >= 4 is 27.7 Å². The summed E-state index contributed by atoms with van der Waals surface area (Å²) >= 11 is 0. The quantitative estimate of drug-likeness (QED) is 0.314. The van der Waals surface area contributed by atoms with Crippen molar-refractivity contribution in [1.29, 1.82) is 0 Å². The van der Waals surface area contributed by atoms with Gasteiger partial charge in [-0.05, 0) is 54.5 Å². The van der Waals surface area contributed by atoms with Gasteiger partial charge in [0.05, 0.1) is 17.6 Å². The van der Waals surface area contributed by atoms with Crippen LogP contribution in [-0.2, 0) is 17.8 Å². The molecule has 0 radical (unpaired) electrons. The summed E-state index contributed by atoms with van der Waals surface area (Å²) in [5.74, 6) is 1.79. The van der Waals surface area contributed by atoms with E-state index in [1.165, 1.54) is 16.8 Å². The fraction of sp³-hybridized carbons (Fsp3) is 0.231. The van der Waals surface area contributed by atoms with E-state index in [4.69, 9.17) is 9.72 Å². The molecule has 158 valence electrons. The number of imidazole rings is 1. The molecule has 0 aliphatic carbocycles. The van der Waals surface area contributed by atoms with E-state index in [2.05, 4.69) is 40.2 Å². The molecule has 0 spiro atoms. The fourth-order valence-corrected chi connectivity index (χ4v) is 3.74. The summed E-state index contributed by atoms with van der Waals surface area (Å²) in [5.41, 5.74) is 2.09. The van der Waals surface area contributed by atoms with Crippen molar-refractivity contribution in [2.45, 2.75) is 26.3 Å². The highest BCUT2D eigenvalue weighted by Crippen LogP contribution is 2.21. The molecule has 1 N–H and O–H groups in total. The Bertz CT molecular complexity index is 1210. The van der Waals surface area contributed by atoms with Gasteiger partial charge in [0.25, 0.3) is 0 Å². The zero-order valence-corrected chi connectivity index (χ0v) is 17.8. The predicted molar refractivity (Wildman–Crippen MR) is 125 cm³/mol. The highest BCUT2D eigenvalue weighted by Gasteiger charge is 2.10. The Morgan fingerprint density at radius 2 is 1.87 bits per heavy atom. The molecule has 0 atom stereocenters. The molecular formula is C26H27N3O2. The van der Waals surface area contributed by atoms with Crippen LogP contribution in [0.5, 0.6) is 5.75 Å². The summed E-state index contributed by atoms with van der Waals surface area (Å²) in [6, 6.07) is 22.6. The van der Waals surface area contributed by atoms with Crippen molar-refractivity contribution in [2.24, 2.45) is 0 Å². The monoisotopic (exact) mass is 413 g/mol. The lowest BCUT2D eigenvalue weighted by molar-refractivity contribution is -0.116. The molecule has 4 rings (SSSR count). The Kier molecular flexibility index (Phi) is 6.62. The van der Waals surface area contributed by atoms with Crippen molar-refractivity contribution in [3.63, 3.8) is 0 Å². The van der Waals surface area contributed by atoms with Crippen molar-refractivity contribution in [3.8, 4) is 5.75 Å². The number of fused-ring (bicyclic) bond motifs is 2. The van der Waals surface area contributed by atoms with Gasteiger partial charge in [-0.1, -0.05) is 48.5 Å². The van der Waals surface area contributed by atoms with Crippen LogP contribution in [0.2, 0.25) is 0 Å². The van der Waals surface area contributed by atoms with Crippen molar-refractivity contribution in [3.05, 3.63) is 84.7 Å². The second-order valence-electron chi connectivity index (χ2n) is 7.42. The largest absolute Gasteiger partial charge is 0.494 e. The van der Waals surface area contributed by atoms with Crippen LogP contribution in [-0.4, -0.2) is 28.6 Å². The second kappa shape index (κ2) is 9.94. The van der Waals surface area contributed by atoms with Gasteiger partial charge in [0.2, 0.25) is 5.91 Å². The molecule has 0 aliphatic heterocycles. The molecule has 0 saturated carbocycles. The highest BCUT2D eigenvalue weighted by atomic mass is 16.5. The van der Waals surface area contributed by atoms with E-state index < -0.39 is 0 Å². The third kappa shape index (κ3) is 5.12. The second-order valence-corrected chi connectivity index (χ2v) is 7.42. The molecule has 4 aromatic rings. The molecule has 5 heteroatoms. The number of amides is 1. The summed E-state index contributed by atoms with van der Waals surface area (Å²) in [6.07, 6.45) is 4.82. The SMILES string of the molecule is C/C=C/C(=O)NCCc1nc2ccccc2n1CCCOc1ccc2ccccc2c1. The van der Waals surface area contributed by atoms with E-state index in [1.807, 2.05) is 43.3 Å². The number of allylic oxidation sites excluding steroid dienone is 1. The minimum atomic E-state index is -0.0750. The van der Waals surface area contributed by atoms with Gasteiger partial charge in [-0.2, -0.15) is 0 Å². The van der Waals surface area contributed by atoms with Crippen molar-refractivity contribution < 1.29 is 9.53 Å². The number of benzene rings is 3. The number of aromatic nitrogens is 2. The Labute approximate surface area is 182 Å². The zero-order chi connectivity index (χ0) is 21.5. The molecule has 3 aromatic carbocycles. The van der Waals surface area contributed by atoms with Gasteiger partial charge in [-0.3, -0.25) is 4.79 Å². The number of nitrogens with zero attached hydrogens (tertiary/aromatic N) is 2. The Hall–Kier alpha value is -3.60. The first-order valence-corrected chi connectivity index (χ1v) is 10.7. The van der Waals surface area contributed by atoms with Gasteiger partial charge < -0.3 is 14.6 Å². The number of ether oxygens (including phenoxy) is 1. The highest BCUT2D eigenvalue weighted by molar-refractivity contribution is 5.87. The molecule has 0 saturated heterocycles. The van der Waals surface area contributed by atoms with Gasteiger partial charge >= 0.3 is 0 Å². The molecule has 0 fully saturated rings. The zero-order valence-electron chi connectivity index (χ0n) is 17.8. The molecule has 1 heterocycles. The van der Waals surface area contributed by atoms with Crippen LogP contribution < -0.4 is 10.1 Å². The Morgan fingerprint density at radius 3 is 2.74 bits per heavy atom. The number of aryl methyl sites for hydroxylation is 1. The van der Waals surface area contributed by atoms with E-state index in [-0.39, 0.29) is 5.91 Å². The van der Waals surface area contributed by atoms with Gasteiger partial charge in [0.15, 0.2) is 0 Å². The summed E-state index contributed by atoms with van der Waals surface area (Å²) < 4.78 is 8.24. The molecule has 0 bridgehead atoms. The van der Waals surface area contributed by atoms with Crippen LogP contribution in [0.4, 0.5) is 0 Å². The van der Waals surface area contributed by atoms with E-state index in [0.29, 0.717) is 19.6 Å². The Morgan fingerprint density at radius 1 is 1.06 bits per heavy atom. The number of carbonyl (C=O) groups excluding carboxylic acids is 1. The minimum Gasteiger partial charge on any atom is -0.494 e. The minimum absolute atomic E-state index is 0.0750. The number of nitrogens with one attached hydrogen (secondary N) is 1. The van der Waals surface area contributed by atoms with Gasteiger partial charge in [0.1, 0.15) is 11.6 Å². The predicted octanol–water partition coefficient (Wildman–Crippen LogP) is 4.89. The molecule has 0 unspecified atom stereocenters. The van der Waals surface area contributed by atoms with Crippen molar-refractivity contribution in [2.75, 3.05) is 13.2 Å².